The summed E-state index contributed by atoms with van der Waals surface area (Å²) in [7, 11) is 0. The molecular weight excluding hydrogens is 636 g/mol. The highest BCUT2D eigenvalue weighted by molar-refractivity contribution is 5.82. The Balaban J connectivity index is 0.000000407. The van der Waals surface area contributed by atoms with Crippen LogP contribution in [0.5, 0.6) is 23.0 Å². The maximum absolute atomic E-state index is 11.2. The van der Waals surface area contributed by atoms with Gasteiger partial charge < -0.3 is 34.3 Å². The zero-order chi connectivity index (χ0) is 36.6. The largest absolute Gasteiger partial charge is 0.508 e. The van der Waals surface area contributed by atoms with Crippen molar-refractivity contribution in [1.82, 2.24) is 0 Å². The minimum Gasteiger partial charge on any atom is -0.508 e. The van der Waals surface area contributed by atoms with E-state index in [1.54, 1.807) is 6.07 Å². The fraction of sp³-hybridized carbons (Fsp3) is 0.541. The summed E-state index contributed by atoms with van der Waals surface area (Å²) in [5.41, 5.74) is 4.69. The zero-order valence-electron chi connectivity index (χ0n) is 29.3. The molecule has 2 atom stereocenters. The van der Waals surface area contributed by atoms with E-state index in [9.17, 15) is 29.1 Å². The lowest BCUT2D eigenvalue weighted by Gasteiger charge is -2.37. The first-order valence-electron chi connectivity index (χ1n) is 15.8. The predicted molar refractivity (Wildman–Crippen MR) is 182 cm³/mol. The van der Waals surface area contributed by atoms with Gasteiger partial charge in [-0.05, 0) is 126 Å². The lowest BCUT2D eigenvalue weighted by Crippen LogP contribution is -2.37. The standard InChI is InChI=1S/C17H22O5.C15H20O4.C4H6O3.CH4/c1-10-11(2)16-13(9-14(10)21-12(3)18)5-7-17(4,22-16)8-6-15(19)20;1-9-10(2)14-11(8-12(9)16)4-6-15(3,19-14)7-5-13(17)18;1-3(5)7-4(2)6;/h9H,5-8H2,1-4H3,(H,19,20);8,16H,4-7H2,1-3H3,(H,17,18);1-2H3;1H4. The summed E-state index contributed by atoms with van der Waals surface area (Å²) in [6.45, 7) is 15.3. The summed E-state index contributed by atoms with van der Waals surface area (Å²) in [4.78, 5) is 52.3. The van der Waals surface area contributed by atoms with Gasteiger partial charge in [-0.2, -0.15) is 0 Å². The quantitative estimate of drug-likeness (QED) is 0.156. The molecule has 2 unspecified atom stereocenters. The Bertz CT molecular complexity index is 1550. The number of benzene rings is 2. The molecule has 2 aromatic rings. The number of carbonyl (C=O) groups excluding carboxylic acids is 3. The molecule has 0 saturated heterocycles. The monoisotopic (exact) mass is 688 g/mol. The van der Waals surface area contributed by atoms with E-state index in [0.29, 0.717) is 24.3 Å². The van der Waals surface area contributed by atoms with E-state index in [2.05, 4.69) is 4.74 Å². The first-order valence-corrected chi connectivity index (χ1v) is 15.8. The molecular formula is C37H52O12. The van der Waals surface area contributed by atoms with Crippen LogP contribution in [0.15, 0.2) is 12.1 Å². The predicted octanol–water partition coefficient (Wildman–Crippen LogP) is 6.87. The third kappa shape index (κ3) is 12.4. The minimum atomic E-state index is -0.811. The summed E-state index contributed by atoms with van der Waals surface area (Å²) < 4.78 is 21.4. The second-order valence-corrected chi connectivity index (χ2v) is 12.8. The van der Waals surface area contributed by atoms with Gasteiger partial charge in [-0.15, -0.1) is 0 Å². The Labute approximate surface area is 288 Å². The molecule has 2 aliphatic rings. The number of aryl methyl sites for hydroxylation is 2. The van der Waals surface area contributed by atoms with Crippen LogP contribution in [0, 0.1) is 27.7 Å². The lowest BCUT2D eigenvalue weighted by atomic mass is 9.87. The van der Waals surface area contributed by atoms with Crippen molar-refractivity contribution in [3.63, 3.8) is 0 Å². The van der Waals surface area contributed by atoms with Crippen molar-refractivity contribution in [3.05, 3.63) is 45.5 Å². The molecule has 0 saturated carbocycles. The van der Waals surface area contributed by atoms with Crippen LogP contribution in [-0.4, -0.2) is 56.4 Å². The molecule has 2 aromatic carbocycles. The molecule has 0 radical (unpaired) electrons. The minimum absolute atomic E-state index is 0. The van der Waals surface area contributed by atoms with Crippen LogP contribution < -0.4 is 14.2 Å². The summed E-state index contributed by atoms with van der Waals surface area (Å²) in [5, 5.41) is 27.5. The number of carboxylic acid groups (broad SMARTS) is 2. The van der Waals surface area contributed by atoms with Gasteiger partial charge in [-0.25, -0.2) is 0 Å². The van der Waals surface area contributed by atoms with Crippen LogP contribution in [0.4, 0.5) is 0 Å². The highest BCUT2D eigenvalue weighted by Gasteiger charge is 2.35. The molecule has 272 valence electrons. The van der Waals surface area contributed by atoms with Crippen molar-refractivity contribution in [2.45, 2.75) is 132 Å². The number of carbonyl (C=O) groups is 5. The van der Waals surface area contributed by atoms with Crippen molar-refractivity contribution in [3.8, 4) is 23.0 Å². The van der Waals surface area contributed by atoms with Gasteiger partial charge in [0.2, 0.25) is 0 Å². The fourth-order valence-electron chi connectivity index (χ4n) is 5.48. The second-order valence-electron chi connectivity index (χ2n) is 12.8. The second kappa shape index (κ2) is 17.7. The first-order chi connectivity index (χ1) is 22.2. The molecule has 0 fully saturated rings. The Morgan fingerprint density at radius 1 is 0.694 bits per heavy atom. The normalized spacial score (nSPS) is 18.5. The van der Waals surface area contributed by atoms with Crippen LogP contribution in [0.2, 0.25) is 0 Å². The number of ether oxygens (including phenoxy) is 4. The molecule has 0 amide bonds. The average Bonchev–Trinajstić information content (AvgIpc) is 2.98. The number of rotatable bonds is 7. The van der Waals surface area contributed by atoms with E-state index >= 15 is 0 Å². The van der Waals surface area contributed by atoms with Crippen LogP contribution >= 0.6 is 0 Å². The van der Waals surface area contributed by atoms with Gasteiger partial charge in [-0.3, -0.25) is 24.0 Å². The number of esters is 3. The highest BCUT2D eigenvalue weighted by Crippen LogP contribution is 2.43. The van der Waals surface area contributed by atoms with Crippen molar-refractivity contribution in [2.24, 2.45) is 0 Å². The van der Waals surface area contributed by atoms with E-state index < -0.39 is 35.1 Å². The van der Waals surface area contributed by atoms with E-state index in [-0.39, 0.29) is 26.2 Å². The van der Waals surface area contributed by atoms with Crippen LogP contribution in [0.1, 0.15) is 114 Å². The van der Waals surface area contributed by atoms with Gasteiger partial charge in [0.15, 0.2) is 0 Å². The van der Waals surface area contributed by atoms with Crippen molar-refractivity contribution >= 4 is 29.8 Å². The third-order valence-corrected chi connectivity index (χ3v) is 8.58. The number of carboxylic acids is 2. The Hall–Kier alpha value is -4.61. The Morgan fingerprint density at radius 2 is 1.10 bits per heavy atom. The zero-order valence-corrected chi connectivity index (χ0v) is 29.3. The molecule has 49 heavy (non-hydrogen) atoms. The molecule has 2 aliphatic heterocycles. The Kier molecular flexibility index (Phi) is 15.3. The highest BCUT2D eigenvalue weighted by atomic mass is 16.6. The number of hydrogen-bond acceptors (Lipinski definition) is 10. The van der Waals surface area contributed by atoms with Crippen molar-refractivity contribution in [1.29, 1.82) is 0 Å². The maximum Gasteiger partial charge on any atom is 0.310 e. The molecule has 0 aliphatic carbocycles. The van der Waals surface area contributed by atoms with Crippen LogP contribution in [0.25, 0.3) is 0 Å². The molecule has 4 rings (SSSR count). The number of fused-ring (bicyclic) bond motifs is 2. The van der Waals surface area contributed by atoms with Gasteiger partial charge in [0.25, 0.3) is 0 Å². The van der Waals surface area contributed by atoms with Gasteiger partial charge >= 0.3 is 29.8 Å². The third-order valence-electron chi connectivity index (χ3n) is 8.58. The lowest BCUT2D eigenvalue weighted by molar-refractivity contribution is -0.156. The van der Waals surface area contributed by atoms with E-state index in [1.807, 2.05) is 47.6 Å². The van der Waals surface area contributed by atoms with E-state index in [0.717, 1.165) is 70.6 Å². The van der Waals surface area contributed by atoms with Gasteiger partial charge in [0.1, 0.15) is 34.2 Å². The summed E-state index contributed by atoms with van der Waals surface area (Å²) in [5.74, 6) is -0.592. The topological polar surface area (TPSA) is 183 Å². The van der Waals surface area contributed by atoms with Gasteiger partial charge in [0.05, 0.1) is 0 Å². The molecule has 0 aromatic heterocycles. The van der Waals surface area contributed by atoms with E-state index in [1.165, 1.54) is 20.8 Å². The molecule has 0 spiro atoms. The summed E-state index contributed by atoms with van der Waals surface area (Å²) in [6, 6.07) is 3.62. The first kappa shape index (κ1) is 42.4. The maximum atomic E-state index is 11.2. The molecule has 3 N–H and O–H groups in total. The molecule has 12 nitrogen and oxygen atoms in total. The number of hydrogen-bond donors (Lipinski definition) is 3. The van der Waals surface area contributed by atoms with Crippen molar-refractivity contribution < 1.29 is 58.2 Å². The van der Waals surface area contributed by atoms with Crippen LogP contribution in [0.3, 0.4) is 0 Å². The SMILES string of the molecule is C.CC(=O)OC(C)=O.CC(=O)Oc1cc2c(c(C)c1C)OC(C)(CCC(=O)O)CC2.Cc1c(O)cc2c(c1C)OC(C)(CCC(=O)O)CC2. The fourth-order valence-corrected chi connectivity index (χ4v) is 5.48. The Morgan fingerprint density at radius 3 is 1.47 bits per heavy atom. The summed E-state index contributed by atoms with van der Waals surface area (Å²) in [6.07, 6.45) is 4.29. The molecule has 12 heteroatoms. The molecule has 2 heterocycles. The average molecular weight is 689 g/mol. The van der Waals surface area contributed by atoms with Crippen LogP contribution in [-0.2, 0) is 41.6 Å². The van der Waals surface area contributed by atoms with Gasteiger partial charge in [0, 0.05) is 33.6 Å². The number of aromatic hydroxyl groups is 1. The number of aliphatic carboxylic acids is 2. The molecule has 0 bridgehead atoms. The van der Waals surface area contributed by atoms with E-state index in [4.69, 9.17) is 24.4 Å². The number of phenols is 1. The van der Waals surface area contributed by atoms with Crippen molar-refractivity contribution in [2.75, 3.05) is 0 Å². The number of phenolic OH excluding ortho intramolecular Hbond substituents is 1. The smallest absolute Gasteiger partial charge is 0.310 e. The summed E-state index contributed by atoms with van der Waals surface area (Å²) >= 11 is 0. The van der Waals surface area contributed by atoms with Gasteiger partial charge in [-0.1, -0.05) is 7.43 Å².